The maximum absolute atomic E-state index is 2.42. The Hall–Kier alpha value is 1.51. The summed E-state index contributed by atoms with van der Waals surface area (Å²) in [5.41, 5.74) is 1.05. The summed E-state index contributed by atoms with van der Waals surface area (Å²) in [6, 6.07) is 0. The van der Waals surface area contributed by atoms with Crippen molar-refractivity contribution in [3.8, 4) is 0 Å². The highest BCUT2D eigenvalue weighted by Gasteiger charge is 1.80. The van der Waals surface area contributed by atoms with Gasteiger partial charge in [-0.1, -0.05) is 13.3 Å². The molecule has 0 amide bonds. The van der Waals surface area contributed by atoms with Crippen molar-refractivity contribution in [3.05, 3.63) is 0 Å². The summed E-state index contributed by atoms with van der Waals surface area (Å²) in [6.45, 7) is 2.23. The van der Waals surface area contributed by atoms with Gasteiger partial charge < -0.3 is 0 Å². The van der Waals surface area contributed by atoms with Crippen LogP contribution >= 0.6 is 38.8 Å². The monoisotopic (exact) mass is 248 g/mol. The molecule has 1 atom stereocenters. The lowest BCUT2D eigenvalue weighted by atomic mass is 10.4. The van der Waals surface area contributed by atoms with E-state index in [1.54, 1.807) is 0 Å². The first-order chi connectivity index (χ1) is 3.41. The molecule has 0 rings (SSSR count). The normalized spacial score (nSPS) is 11.1. The van der Waals surface area contributed by atoms with Crippen LogP contribution in [0.4, 0.5) is 0 Å². The fourth-order valence-electron chi connectivity index (χ4n) is 0.255. The Morgan fingerprint density at radius 3 is 2.86 bits per heavy atom. The maximum atomic E-state index is 2.42. The van der Waals surface area contributed by atoms with E-state index >= 15 is 0 Å². The van der Waals surface area contributed by atoms with E-state index in [9.17, 15) is 0 Å². The minimum Gasteiger partial charge on any atom is -0.127 e. The van der Waals surface area contributed by atoms with Crippen molar-refractivity contribution < 1.29 is 0 Å². The van der Waals surface area contributed by atoms with Gasteiger partial charge in [0, 0.05) is 5.43 Å². The van der Waals surface area contributed by atoms with E-state index in [2.05, 4.69) is 29.0 Å². The van der Waals surface area contributed by atoms with Gasteiger partial charge in [0.25, 0.3) is 0 Å². The molecule has 0 aliphatic heterocycles. The minimum atomic E-state index is 1.05. The topological polar surface area (TPSA) is 0 Å². The van der Waals surface area contributed by atoms with Gasteiger partial charge in [0.2, 0.25) is 0 Å². The average molecular weight is 248 g/mol. The maximum Gasteiger partial charge on any atom is 0.00407 e. The molecule has 0 fully saturated rings. The van der Waals surface area contributed by atoms with Gasteiger partial charge in [-0.25, -0.2) is 0 Å². The van der Waals surface area contributed by atoms with Gasteiger partial charge in [-0.3, -0.25) is 0 Å². The second-order valence-electron chi connectivity index (χ2n) is 1.28. The molecule has 0 aromatic heterocycles. The molecule has 0 aromatic rings. The van der Waals surface area contributed by atoms with Crippen molar-refractivity contribution >= 4 is 38.8 Å². The van der Waals surface area contributed by atoms with Crippen LogP contribution in [0.25, 0.3) is 0 Å². The zero-order valence-electron chi connectivity index (χ0n) is 4.41. The Morgan fingerprint density at radius 2 is 2.43 bits per heavy atom. The third-order valence-electron chi connectivity index (χ3n) is 0.655. The van der Waals surface area contributed by atoms with Gasteiger partial charge in [-0.05, 0) is 34.2 Å². The van der Waals surface area contributed by atoms with Crippen molar-refractivity contribution in [2.24, 2.45) is 0 Å². The summed E-state index contributed by atoms with van der Waals surface area (Å²) in [5, 5.41) is 0. The zero-order valence-corrected chi connectivity index (χ0v) is 8.38. The van der Waals surface area contributed by atoms with Crippen molar-refractivity contribution in [3.63, 3.8) is 0 Å². The van der Waals surface area contributed by atoms with Gasteiger partial charge in [0.1, 0.15) is 0 Å². The van der Waals surface area contributed by atoms with E-state index in [1.807, 2.05) is 11.4 Å². The van der Waals surface area contributed by atoms with Crippen LogP contribution in [-0.2, 0) is 0 Å². The fraction of sp³-hybridized carbons (Fsp3) is 1.00. The lowest BCUT2D eigenvalue weighted by Crippen LogP contribution is -1.69. The molecular formula is C4H10IPS. The Balaban J connectivity index is 2.45. The molecule has 0 radical (unpaired) electrons. The summed E-state index contributed by atoms with van der Waals surface area (Å²) in [5.74, 6) is 1.36. The van der Waals surface area contributed by atoms with Gasteiger partial charge in [0.15, 0.2) is 0 Å². The molecule has 0 bridgehead atoms. The molecule has 0 aromatic carbocycles. The molecule has 0 nitrogen and oxygen atoms in total. The third-order valence-corrected chi connectivity index (χ3v) is 5.00. The molecule has 1 unspecified atom stereocenters. The van der Waals surface area contributed by atoms with E-state index in [-0.39, 0.29) is 0 Å². The van der Waals surface area contributed by atoms with E-state index < -0.39 is 0 Å². The fourth-order valence-corrected chi connectivity index (χ4v) is 3.41. The van der Waals surface area contributed by atoms with E-state index in [0.29, 0.717) is 0 Å². The first kappa shape index (κ1) is 8.51. The van der Waals surface area contributed by atoms with Crippen molar-refractivity contribution in [2.45, 2.75) is 19.8 Å². The quantitative estimate of drug-likeness (QED) is 0.417. The summed E-state index contributed by atoms with van der Waals surface area (Å²) in [6.07, 6.45) is 2.73. The first-order valence-corrected chi connectivity index (χ1v) is 8.21. The Morgan fingerprint density at radius 1 is 1.71 bits per heavy atom. The van der Waals surface area contributed by atoms with Crippen LogP contribution in [0.2, 0.25) is 0 Å². The molecule has 0 spiro atoms. The molecule has 0 heterocycles. The molecule has 7 heavy (non-hydrogen) atoms. The first-order valence-electron chi connectivity index (χ1n) is 2.39. The SMILES string of the molecule is CCCCSPI. The number of unbranched alkanes of at least 4 members (excludes halogenated alkanes) is 1. The standard InChI is InChI=1S/C4H10IPS/c1-2-3-4-7-6-5/h6H,2-4H2,1H3. The zero-order chi connectivity index (χ0) is 5.54. The van der Waals surface area contributed by atoms with Crippen molar-refractivity contribution in [1.29, 1.82) is 0 Å². The molecular weight excluding hydrogens is 238 g/mol. The Labute approximate surface area is 64.2 Å². The number of rotatable bonds is 4. The number of hydrogen-bond acceptors (Lipinski definition) is 1. The van der Waals surface area contributed by atoms with Gasteiger partial charge in [-0.15, -0.1) is 11.4 Å². The van der Waals surface area contributed by atoms with E-state index in [1.165, 1.54) is 18.6 Å². The molecule has 3 heteroatoms. The molecule has 0 saturated carbocycles. The number of halogens is 1. The Kier molecular flexibility index (Phi) is 9.13. The van der Waals surface area contributed by atoms with Crippen LogP contribution in [0.15, 0.2) is 0 Å². The molecule has 0 N–H and O–H groups in total. The predicted octanol–water partition coefficient (Wildman–Crippen LogP) is 3.46. The predicted molar refractivity (Wildman–Crippen MR) is 49.7 cm³/mol. The second-order valence-corrected chi connectivity index (χ2v) is 7.42. The lowest BCUT2D eigenvalue weighted by Gasteiger charge is -1.90. The molecule has 0 saturated heterocycles. The summed E-state index contributed by atoms with van der Waals surface area (Å²) < 4.78 is 0. The van der Waals surface area contributed by atoms with Crippen LogP contribution in [0.1, 0.15) is 19.8 Å². The van der Waals surface area contributed by atoms with Crippen molar-refractivity contribution in [2.75, 3.05) is 5.75 Å². The van der Waals surface area contributed by atoms with Crippen LogP contribution in [0.5, 0.6) is 0 Å². The van der Waals surface area contributed by atoms with E-state index in [4.69, 9.17) is 0 Å². The van der Waals surface area contributed by atoms with Gasteiger partial charge >= 0.3 is 0 Å². The third kappa shape index (κ3) is 7.51. The average Bonchev–Trinajstić information content (AvgIpc) is 1.69. The lowest BCUT2D eigenvalue weighted by molar-refractivity contribution is 0.898. The largest absolute Gasteiger partial charge is 0.127 e. The summed E-state index contributed by atoms with van der Waals surface area (Å²) >= 11 is 4.46. The van der Waals surface area contributed by atoms with Crippen LogP contribution in [-0.4, -0.2) is 5.75 Å². The second kappa shape index (κ2) is 7.51. The molecule has 44 valence electrons. The van der Waals surface area contributed by atoms with Crippen LogP contribution in [0.3, 0.4) is 0 Å². The highest BCUT2D eigenvalue weighted by Crippen LogP contribution is 2.37. The minimum absolute atomic E-state index is 1.05. The highest BCUT2D eigenvalue weighted by molar-refractivity contribution is 14.2. The van der Waals surface area contributed by atoms with Crippen LogP contribution < -0.4 is 0 Å². The van der Waals surface area contributed by atoms with Gasteiger partial charge in [0.05, 0.1) is 0 Å². The van der Waals surface area contributed by atoms with Crippen LogP contribution in [0, 0.1) is 0 Å². The molecule has 0 aliphatic rings. The van der Waals surface area contributed by atoms with Crippen molar-refractivity contribution in [1.82, 2.24) is 0 Å². The highest BCUT2D eigenvalue weighted by atomic mass is 127. The Bertz CT molecular complexity index is 30.9. The summed E-state index contributed by atoms with van der Waals surface area (Å²) in [7, 11) is 0. The summed E-state index contributed by atoms with van der Waals surface area (Å²) in [4.78, 5) is 0. The number of hydrogen-bond donors (Lipinski definition) is 0. The smallest absolute Gasteiger partial charge is 0.00407 e. The van der Waals surface area contributed by atoms with E-state index in [0.717, 1.165) is 5.43 Å². The van der Waals surface area contributed by atoms with Gasteiger partial charge in [-0.2, -0.15) is 0 Å². The molecule has 0 aliphatic carbocycles.